The van der Waals surface area contributed by atoms with Gasteiger partial charge in [0.15, 0.2) is 0 Å². The molecule has 8 nitrogen and oxygen atoms in total. The first-order chi connectivity index (χ1) is 11.5. The number of nitrogens with zero attached hydrogens (tertiary/aromatic N) is 3. The van der Waals surface area contributed by atoms with Crippen molar-refractivity contribution in [2.45, 2.75) is 6.54 Å². The zero-order chi connectivity index (χ0) is 17.3. The molecule has 0 radical (unpaired) electrons. The van der Waals surface area contributed by atoms with Crippen molar-refractivity contribution in [2.75, 3.05) is 7.11 Å². The fourth-order valence-corrected chi connectivity index (χ4v) is 3.25. The van der Waals surface area contributed by atoms with E-state index >= 15 is 0 Å². The fourth-order valence-electron chi connectivity index (χ4n) is 2.28. The molecule has 3 aromatic rings. The third-order valence-corrected chi connectivity index (χ3v) is 4.49. The number of carbonyl (C=O) groups is 1. The molecular weight excluding hydrogens is 334 g/mol. The monoisotopic (exact) mass is 345 g/mol. The topological polar surface area (TPSA) is 104 Å². The molecule has 0 amide bonds. The second-order valence-corrected chi connectivity index (χ2v) is 5.84. The summed E-state index contributed by atoms with van der Waals surface area (Å²) in [7, 11) is 1.20. The van der Waals surface area contributed by atoms with Gasteiger partial charge in [-0.15, -0.1) is 0 Å². The van der Waals surface area contributed by atoms with E-state index in [2.05, 4.69) is 9.72 Å². The Morgan fingerprint density at radius 1 is 1.38 bits per heavy atom. The molecule has 1 aromatic carbocycles. The number of esters is 1. The molecule has 9 heteroatoms. The molecule has 0 saturated carbocycles. The van der Waals surface area contributed by atoms with Crippen LogP contribution in [0.25, 0.3) is 21.5 Å². The Morgan fingerprint density at radius 3 is 2.71 bits per heavy atom. The Morgan fingerprint density at radius 2 is 2.08 bits per heavy atom. The molecule has 122 valence electrons. The molecule has 0 bridgehead atoms. The Hall–Kier alpha value is -3.07. The van der Waals surface area contributed by atoms with Gasteiger partial charge in [-0.05, 0) is 11.3 Å². The van der Waals surface area contributed by atoms with E-state index in [1.165, 1.54) is 13.2 Å². The molecule has 2 heterocycles. The van der Waals surface area contributed by atoms with Gasteiger partial charge in [0.05, 0.1) is 17.7 Å². The summed E-state index contributed by atoms with van der Waals surface area (Å²) in [4.78, 5) is 38.8. The predicted molar refractivity (Wildman–Crippen MR) is 88.0 cm³/mol. The van der Waals surface area contributed by atoms with Crippen molar-refractivity contribution in [3.8, 4) is 11.3 Å². The SMILES string of the molecule is COC(=O)Cn1c(=O)nc(-c2ccccc2)c2cc([N+](=O)[O-])sc21. The first-order valence-electron chi connectivity index (χ1n) is 6.82. The van der Waals surface area contributed by atoms with E-state index in [1.54, 1.807) is 24.3 Å². The summed E-state index contributed by atoms with van der Waals surface area (Å²) >= 11 is 0.824. The van der Waals surface area contributed by atoms with E-state index in [9.17, 15) is 19.7 Å². The van der Waals surface area contributed by atoms with Crippen LogP contribution in [-0.4, -0.2) is 27.6 Å². The Balaban J connectivity index is 2.32. The average molecular weight is 345 g/mol. The van der Waals surface area contributed by atoms with E-state index in [0.29, 0.717) is 21.5 Å². The molecule has 0 aliphatic carbocycles. The van der Waals surface area contributed by atoms with Gasteiger partial charge in [0.2, 0.25) is 0 Å². The molecule has 24 heavy (non-hydrogen) atoms. The molecule has 0 spiro atoms. The van der Waals surface area contributed by atoms with Crippen molar-refractivity contribution in [3.63, 3.8) is 0 Å². The second kappa shape index (κ2) is 6.20. The number of ether oxygens (including phenoxy) is 1. The quantitative estimate of drug-likeness (QED) is 0.408. The van der Waals surface area contributed by atoms with Crippen LogP contribution in [0.4, 0.5) is 5.00 Å². The highest BCUT2D eigenvalue weighted by Gasteiger charge is 2.21. The van der Waals surface area contributed by atoms with Crippen molar-refractivity contribution in [1.29, 1.82) is 0 Å². The van der Waals surface area contributed by atoms with Gasteiger partial charge in [0, 0.05) is 17.0 Å². The van der Waals surface area contributed by atoms with E-state index in [1.807, 2.05) is 6.07 Å². The van der Waals surface area contributed by atoms with Crippen molar-refractivity contribution in [1.82, 2.24) is 9.55 Å². The first-order valence-corrected chi connectivity index (χ1v) is 7.64. The fraction of sp³-hybridized carbons (Fsp3) is 0.133. The van der Waals surface area contributed by atoms with Gasteiger partial charge in [-0.2, -0.15) is 4.98 Å². The third-order valence-electron chi connectivity index (χ3n) is 3.38. The minimum Gasteiger partial charge on any atom is -0.468 e. The lowest BCUT2D eigenvalue weighted by atomic mass is 10.1. The van der Waals surface area contributed by atoms with Crippen LogP contribution in [0.5, 0.6) is 0 Å². The van der Waals surface area contributed by atoms with Crippen molar-refractivity contribution in [3.05, 3.63) is 57.0 Å². The van der Waals surface area contributed by atoms with Crippen molar-refractivity contribution < 1.29 is 14.5 Å². The minimum atomic E-state index is -0.663. The summed E-state index contributed by atoms with van der Waals surface area (Å²) < 4.78 is 5.66. The largest absolute Gasteiger partial charge is 0.468 e. The highest BCUT2D eigenvalue weighted by Crippen LogP contribution is 2.35. The van der Waals surface area contributed by atoms with Gasteiger partial charge in [0.25, 0.3) is 0 Å². The zero-order valence-electron chi connectivity index (χ0n) is 12.5. The molecule has 0 atom stereocenters. The predicted octanol–water partition coefficient (Wildman–Crippen LogP) is 2.21. The number of carbonyl (C=O) groups excluding carboxylic acids is 1. The van der Waals surface area contributed by atoms with Crippen molar-refractivity contribution >= 4 is 32.5 Å². The smallest absolute Gasteiger partial charge is 0.349 e. The van der Waals surface area contributed by atoms with Crippen LogP contribution >= 0.6 is 11.3 Å². The summed E-state index contributed by atoms with van der Waals surface area (Å²) in [6.07, 6.45) is 0. The lowest BCUT2D eigenvalue weighted by Gasteiger charge is -2.08. The average Bonchev–Trinajstić information content (AvgIpc) is 3.03. The van der Waals surface area contributed by atoms with E-state index in [4.69, 9.17) is 0 Å². The number of fused-ring (bicyclic) bond motifs is 1. The maximum absolute atomic E-state index is 12.3. The first kappa shape index (κ1) is 15.8. The number of methoxy groups -OCH3 is 1. The van der Waals surface area contributed by atoms with Crippen LogP contribution in [-0.2, 0) is 16.1 Å². The standard InChI is InChI=1S/C15H11N3O5S/c1-23-12(19)8-17-14-10(7-11(24-14)18(21)22)13(16-15(17)20)9-5-3-2-4-6-9/h2-7H,8H2,1H3. The number of nitro groups is 1. The normalized spacial score (nSPS) is 10.7. The molecular formula is C15H11N3O5S. The van der Waals surface area contributed by atoms with Crippen LogP contribution in [0.1, 0.15) is 0 Å². The number of thiophene rings is 1. The number of hydrogen-bond acceptors (Lipinski definition) is 7. The lowest BCUT2D eigenvalue weighted by molar-refractivity contribution is -0.380. The van der Waals surface area contributed by atoms with Gasteiger partial charge in [-0.1, -0.05) is 30.3 Å². The van der Waals surface area contributed by atoms with Gasteiger partial charge in [-0.3, -0.25) is 19.5 Å². The molecule has 0 unspecified atom stereocenters. The number of benzene rings is 1. The number of rotatable bonds is 4. The molecule has 0 aliphatic heterocycles. The van der Waals surface area contributed by atoms with E-state index in [0.717, 1.165) is 15.9 Å². The second-order valence-electron chi connectivity index (χ2n) is 4.83. The summed E-state index contributed by atoms with van der Waals surface area (Å²) in [5.74, 6) is -0.635. The summed E-state index contributed by atoms with van der Waals surface area (Å²) in [5, 5.41) is 11.4. The summed E-state index contributed by atoms with van der Waals surface area (Å²) in [6, 6.07) is 10.3. The summed E-state index contributed by atoms with van der Waals surface area (Å²) in [5.41, 5.74) is 0.349. The molecule has 0 fully saturated rings. The number of hydrogen-bond donors (Lipinski definition) is 0. The van der Waals surface area contributed by atoms with Gasteiger partial charge >= 0.3 is 16.7 Å². The Labute approximate surface area is 139 Å². The van der Waals surface area contributed by atoms with Crippen LogP contribution in [0.2, 0.25) is 0 Å². The molecule has 0 aliphatic rings. The van der Waals surface area contributed by atoms with Crippen LogP contribution in [0, 0.1) is 10.1 Å². The zero-order valence-corrected chi connectivity index (χ0v) is 13.3. The maximum Gasteiger partial charge on any atom is 0.349 e. The van der Waals surface area contributed by atoms with Gasteiger partial charge in [-0.25, -0.2) is 4.79 Å². The van der Waals surface area contributed by atoms with Gasteiger partial charge in [0.1, 0.15) is 11.4 Å². The number of aromatic nitrogens is 2. The Kier molecular flexibility index (Phi) is 4.09. The maximum atomic E-state index is 12.3. The van der Waals surface area contributed by atoms with Crippen LogP contribution in [0.3, 0.4) is 0 Å². The highest BCUT2D eigenvalue weighted by atomic mass is 32.1. The van der Waals surface area contributed by atoms with Crippen LogP contribution in [0.15, 0.2) is 41.2 Å². The van der Waals surface area contributed by atoms with Crippen LogP contribution < -0.4 is 5.69 Å². The lowest BCUT2D eigenvalue weighted by Crippen LogP contribution is -2.27. The van der Waals surface area contributed by atoms with E-state index in [-0.39, 0.29) is 11.5 Å². The minimum absolute atomic E-state index is 0.131. The molecule has 3 rings (SSSR count). The van der Waals surface area contributed by atoms with Gasteiger partial charge < -0.3 is 4.74 Å². The summed E-state index contributed by atoms with van der Waals surface area (Å²) in [6.45, 7) is -0.356. The molecule has 0 N–H and O–H groups in total. The van der Waals surface area contributed by atoms with E-state index < -0.39 is 16.6 Å². The van der Waals surface area contributed by atoms with Crippen molar-refractivity contribution in [2.24, 2.45) is 0 Å². The molecule has 0 saturated heterocycles. The Bertz CT molecular complexity index is 994. The molecule has 2 aromatic heterocycles. The highest BCUT2D eigenvalue weighted by molar-refractivity contribution is 7.21. The third kappa shape index (κ3) is 2.76.